The lowest BCUT2D eigenvalue weighted by molar-refractivity contribution is 0.195. The van der Waals surface area contributed by atoms with Crippen LogP contribution >= 0.6 is 11.6 Å². The minimum atomic E-state index is 0.0986. The number of halogens is 1. The first-order valence-electron chi connectivity index (χ1n) is 5.37. The summed E-state index contributed by atoms with van der Waals surface area (Å²) in [6.07, 6.45) is 0.733. The lowest BCUT2D eigenvalue weighted by Crippen LogP contribution is -2.20. The summed E-state index contributed by atoms with van der Waals surface area (Å²) < 4.78 is 5.55. The summed E-state index contributed by atoms with van der Waals surface area (Å²) in [7, 11) is 0. The molecule has 1 aromatic rings. The first-order valence-corrected chi connectivity index (χ1v) is 5.75. The molecule has 16 heavy (non-hydrogen) atoms. The summed E-state index contributed by atoms with van der Waals surface area (Å²) in [5, 5.41) is 9.57. The molecule has 0 aliphatic heterocycles. The van der Waals surface area contributed by atoms with Gasteiger partial charge in [-0.3, -0.25) is 0 Å². The Kier molecular flexibility index (Phi) is 5.60. The molecule has 4 heteroatoms. The van der Waals surface area contributed by atoms with Crippen LogP contribution in [0, 0.1) is 12.8 Å². The summed E-state index contributed by atoms with van der Waals surface area (Å²) in [6, 6.07) is 5.66. The molecule has 1 unspecified atom stereocenters. The zero-order chi connectivity index (χ0) is 12.0. The van der Waals surface area contributed by atoms with Gasteiger partial charge in [-0.1, -0.05) is 17.7 Å². The number of ether oxygens (including phenoxy) is 1. The molecule has 0 fully saturated rings. The van der Waals surface area contributed by atoms with E-state index < -0.39 is 0 Å². The van der Waals surface area contributed by atoms with Crippen LogP contribution in [0.5, 0.6) is 5.75 Å². The second-order valence-electron chi connectivity index (χ2n) is 3.86. The van der Waals surface area contributed by atoms with Gasteiger partial charge in [0, 0.05) is 6.61 Å². The van der Waals surface area contributed by atoms with E-state index in [-0.39, 0.29) is 12.5 Å². The van der Waals surface area contributed by atoms with Gasteiger partial charge in [0.25, 0.3) is 0 Å². The molecule has 3 nitrogen and oxygen atoms in total. The fourth-order valence-corrected chi connectivity index (χ4v) is 1.51. The molecule has 0 aliphatic carbocycles. The molecular weight excluding hydrogens is 226 g/mol. The number of aliphatic hydroxyl groups excluding tert-OH is 1. The number of aryl methyl sites for hydroxylation is 1. The van der Waals surface area contributed by atoms with Crippen molar-refractivity contribution < 1.29 is 9.84 Å². The molecule has 1 rings (SSSR count). The topological polar surface area (TPSA) is 55.5 Å². The highest BCUT2D eigenvalue weighted by Crippen LogP contribution is 2.25. The number of aliphatic hydroxyl groups is 1. The predicted molar refractivity (Wildman–Crippen MR) is 65.9 cm³/mol. The van der Waals surface area contributed by atoms with Crippen LogP contribution in [0.3, 0.4) is 0 Å². The smallest absolute Gasteiger partial charge is 0.138 e. The van der Waals surface area contributed by atoms with E-state index in [1.807, 2.05) is 25.1 Å². The van der Waals surface area contributed by atoms with Gasteiger partial charge >= 0.3 is 0 Å². The highest BCUT2D eigenvalue weighted by atomic mass is 35.5. The van der Waals surface area contributed by atoms with E-state index in [0.717, 1.165) is 12.0 Å². The lowest BCUT2D eigenvalue weighted by Gasteiger charge is -2.13. The summed E-state index contributed by atoms with van der Waals surface area (Å²) in [6.45, 7) is 3.08. The van der Waals surface area contributed by atoms with E-state index >= 15 is 0 Å². The van der Waals surface area contributed by atoms with Crippen LogP contribution in [0.1, 0.15) is 12.0 Å². The molecule has 0 spiro atoms. The van der Waals surface area contributed by atoms with Crippen molar-refractivity contribution in [3.8, 4) is 5.75 Å². The van der Waals surface area contributed by atoms with E-state index in [1.54, 1.807) is 0 Å². The van der Waals surface area contributed by atoms with Crippen LogP contribution in [-0.2, 0) is 0 Å². The van der Waals surface area contributed by atoms with E-state index in [1.165, 1.54) is 0 Å². The number of benzene rings is 1. The molecule has 1 atom stereocenters. The Bertz CT molecular complexity index is 327. The van der Waals surface area contributed by atoms with Gasteiger partial charge in [0.15, 0.2) is 0 Å². The molecule has 0 radical (unpaired) electrons. The van der Waals surface area contributed by atoms with E-state index in [4.69, 9.17) is 27.2 Å². The highest BCUT2D eigenvalue weighted by Gasteiger charge is 2.06. The van der Waals surface area contributed by atoms with Crippen LogP contribution in [-0.4, -0.2) is 24.9 Å². The van der Waals surface area contributed by atoms with E-state index in [2.05, 4.69) is 0 Å². The van der Waals surface area contributed by atoms with Crippen molar-refractivity contribution in [2.45, 2.75) is 13.3 Å². The Morgan fingerprint density at radius 1 is 1.50 bits per heavy atom. The fourth-order valence-electron chi connectivity index (χ4n) is 1.34. The molecule has 0 aliphatic rings. The van der Waals surface area contributed by atoms with Gasteiger partial charge in [-0.05, 0) is 43.5 Å². The molecule has 0 heterocycles. The molecule has 0 saturated carbocycles. The largest absolute Gasteiger partial charge is 0.492 e. The summed E-state index contributed by atoms with van der Waals surface area (Å²) in [5.74, 6) is 0.791. The molecule has 90 valence electrons. The van der Waals surface area contributed by atoms with Crippen molar-refractivity contribution in [3.63, 3.8) is 0 Å². The number of nitrogens with two attached hydrogens (primary N) is 1. The minimum Gasteiger partial charge on any atom is -0.492 e. The van der Waals surface area contributed by atoms with Crippen molar-refractivity contribution in [2.75, 3.05) is 19.8 Å². The van der Waals surface area contributed by atoms with Crippen molar-refractivity contribution in [2.24, 2.45) is 11.7 Å². The maximum absolute atomic E-state index is 8.96. The van der Waals surface area contributed by atoms with Crippen LogP contribution < -0.4 is 10.5 Å². The average Bonchev–Trinajstić information content (AvgIpc) is 2.29. The van der Waals surface area contributed by atoms with E-state index in [0.29, 0.717) is 23.9 Å². The third-order valence-corrected chi connectivity index (χ3v) is 2.77. The molecule has 0 amide bonds. The summed E-state index contributed by atoms with van der Waals surface area (Å²) in [4.78, 5) is 0. The molecular formula is C12H18ClNO2. The third kappa shape index (κ3) is 4.00. The second-order valence-corrected chi connectivity index (χ2v) is 4.26. The van der Waals surface area contributed by atoms with Gasteiger partial charge in [0.05, 0.1) is 11.6 Å². The van der Waals surface area contributed by atoms with Gasteiger partial charge in [0.1, 0.15) is 5.75 Å². The number of hydrogen-bond donors (Lipinski definition) is 2. The zero-order valence-electron chi connectivity index (χ0n) is 9.45. The maximum atomic E-state index is 8.96. The van der Waals surface area contributed by atoms with Crippen molar-refractivity contribution in [3.05, 3.63) is 28.8 Å². The highest BCUT2D eigenvalue weighted by molar-refractivity contribution is 6.32. The standard InChI is InChI=1S/C12H18ClNO2/c1-9-2-3-11(13)12(6-9)16-5-4-10(7-14)8-15/h2-3,6,10,15H,4-5,7-8,14H2,1H3. The van der Waals surface area contributed by atoms with Crippen LogP contribution in [0.4, 0.5) is 0 Å². The maximum Gasteiger partial charge on any atom is 0.138 e. The molecule has 0 saturated heterocycles. The Morgan fingerprint density at radius 2 is 2.25 bits per heavy atom. The first kappa shape index (κ1) is 13.3. The molecule has 3 N–H and O–H groups in total. The Hall–Kier alpha value is -0.770. The summed E-state index contributed by atoms with van der Waals surface area (Å²) in [5.41, 5.74) is 6.58. The van der Waals surface area contributed by atoms with Crippen LogP contribution in [0.2, 0.25) is 5.02 Å². The minimum absolute atomic E-state index is 0.0986. The first-order chi connectivity index (χ1) is 7.67. The second kappa shape index (κ2) is 6.74. The Morgan fingerprint density at radius 3 is 2.88 bits per heavy atom. The fraction of sp³-hybridized carbons (Fsp3) is 0.500. The van der Waals surface area contributed by atoms with Crippen molar-refractivity contribution in [1.29, 1.82) is 0 Å². The normalized spacial score (nSPS) is 12.5. The van der Waals surface area contributed by atoms with Crippen LogP contribution in [0.25, 0.3) is 0 Å². The lowest BCUT2D eigenvalue weighted by atomic mass is 10.1. The van der Waals surface area contributed by atoms with Gasteiger partial charge < -0.3 is 15.6 Å². The van der Waals surface area contributed by atoms with Crippen molar-refractivity contribution >= 4 is 11.6 Å². The Balaban J connectivity index is 2.45. The van der Waals surface area contributed by atoms with Crippen LogP contribution in [0.15, 0.2) is 18.2 Å². The van der Waals surface area contributed by atoms with Gasteiger partial charge in [-0.15, -0.1) is 0 Å². The van der Waals surface area contributed by atoms with Gasteiger partial charge in [0.2, 0.25) is 0 Å². The van der Waals surface area contributed by atoms with Gasteiger partial charge in [-0.2, -0.15) is 0 Å². The predicted octanol–water partition coefficient (Wildman–Crippen LogP) is 1.98. The molecule has 1 aromatic carbocycles. The SMILES string of the molecule is Cc1ccc(Cl)c(OCCC(CN)CO)c1. The molecule has 0 bridgehead atoms. The van der Waals surface area contributed by atoms with Gasteiger partial charge in [-0.25, -0.2) is 0 Å². The van der Waals surface area contributed by atoms with E-state index in [9.17, 15) is 0 Å². The number of rotatable bonds is 6. The number of hydrogen-bond acceptors (Lipinski definition) is 3. The third-order valence-electron chi connectivity index (χ3n) is 2.46. The Labute approximate surface area is 101 Å². The summed E-state index contributed by atoms with van der Waals surface area (Å²) >= 11 is 5.98. The quantitative estimate of drug-likeness (QED) is 0.804. The zero-order valence-corrected chi connectivity index (χ0v) is 10.2. The monoisotopic (exact) mass is 243 g/mol. The van der Waals surface area contributed by atoms with Crippen molar-refractivity contribution in [1.82, 2.24) is 0 Å². The molecule has 0 aromatic heterocycles. The average molecular weight is 244 g/mol.